The number of aromatic nitrogens is 1. The van der Waals surface area contributed by atoms with Crippen LogP contribution >= 0.6 is 11.6 Å². The fourth-order valence-electron chi connectivity index (χ4n) is 10.9. The Morgan fingerprint density at radius 2 is 1.41 bits per heavy atom. The number of carbonyl (C=O) groups excluding carboxylic acids is 4. The third-order valence-electron chi connectivity index (χ3n) is 12.9. The maximum Gasteiger partial charge on any atom is 0.328 e. The Balaban J connectivity index is 0.806. The number of ether oxygens (including phenoxy) is 1. The number of alkyl halides is 1. The van der Waals surface area contributed by atoms with Gasteiger partial charge in [-0.3, -0.25) is 14.4 Å². The summed E-state index contributed by atoms with van der Waals surface area (Å²) in [7, 11) is 1.33. The van der Waals surface area contributed by atoms with Crippen molar-refractivity contribution in [3.63, 3.8) is 0 Å². The highest BCUT2D eigenvalue weighted by Crippen LogP contribution is 2.61. The zero-order valence-electron chi connectivity index (χ0n) is 31.8. The topological polar surface area (TPSA) is 121 Å². The Kier molecular flexibility index (Phi) is 12.3. The molecule has 290 valence electrons. The van der Waals surface area contributed by atoms with E-state index in [1.54, 1.807) is 12.1 Å². The van der Waals surface area contributed by atoms with Crippen LogP contribution < -0.4 is 10.6 Å². The second-order valence-electron chi connectivity index (χ2n) is 16.8. The zero-order valence-corrected chi connectivity index (χ0v) is 32.6. The molecule has 4 bridgehead atoms. The molecule has 2 atom stereocenters. The number of carbonyl (C=O) groups is 4. The fourth-order valence-corrected chi connectivity index (χ4v) is 11.0. The van der Waals surface area contributed by atoms with Crippen LogP contribution in [0.25, 0.3) is 10.9 Å². The normalized spacial score (nSPS) is 25.4. The lowest BCUT2D eigenvalue weighted by atomic mass is 9.49. The van der Waals surface area contributed by atoms with E-state index < -0.39 is 18.1 Å². The number of fused-ring (bicyclic) bond motifs is 3. The third-order valence-corrected chi connectivity index (χ3v) is 13.1. The number of hydrogen-bond acceptors (Lipinski definition) is 5. The summed E-state index contributed by atoms with van der Waals surface area (Å²) in [4.78, 5) is 57.1. The minimum absolute atomic E-state index is 0.136. The number of para-hydroxylation sites is 1. The van der Waals surface area contributed by atoms with Crippen LogP contribution in [0.15, 0.2) is 48.5 Å². The first-order valence-electron chi connectivity index (χ1n) is 20.5. The van der Waals surface area contributed by atoms with Crippen LogP contribution in [0, 0.1) is 23.2 Å². The van der Waals surface area contributed by atoms with Gasteiger partial charge in [-0.25, -0.2) is 4.79 Å². The number of unbranched alkanes of at least 4 members (excludes halogenated alkanes) is 7. The summed E-state index contributed by atoms with van der Waals surface area (Å²) in [6.07, 6.45) is 18.2. The molecule has 1 aliphatic heterocycles. The van der Waals surface area contributed by atoms with Gasteiger partial charge in [-0.2, -0.15) is 0 Å². The van der Waals surface area contributed by atoms with Gasteiger partial charge in [0.1, 0.15) is 11.9 Å². The van der Waals surface area contributed by atoms with Crippen molar-refractivity contribution in [2.45, 2.75) is 115 Å². The van der Waals surface area contributed by atoms with E-state index in [-0.39, 0.29) is 23.6 Å². The summed E-state index contributed by atoms with van der Waals surface area (Å²) in [5.41, 5.74) is 4.35. The molecule has 0 unspecified atom stereocenters. The van der Waals surface area contributed by atoms with E-state index in [0.717, 1.165) is 90.5 Å². The molecule has 3 aromatic rings. The molecule has 1 aromatic heterocycles. The van der Waals surface area contributed by atoms with Crippen molar-refractivity contribution in [1.29, 1.82) is 0 Å². The number of hydrogen-bond donors (Lipinski definition) is 3. The van der Waals surface area contributed by atoms with E-state index in [9.17, 15) is 19.2 Å². The van der Waals surface area contributed by atoms with Crippen molar-refractivity contribution in [3.05, 3.63) is 70.9 Å². The van der Waals surface area contributed by atoms with E-state index in [1.807, 2.05) is 36.4 Å². The van der Waals surface area contributed by atoms with Gasteiger partial charge in [-0.05, 0) is 104 Å². The molecule has 4 saturated carbocycles. The molecule has 5 aliphatic rings. The molecular weight excluding hydrogens is 700 g/mol. The molecule has 2 aromatic carbocycles. The summed E-state index contributed by atoms with van der Waals surface area (Å²) in [6.45, 7) is 1.42. The number of aromatic amines is 1. The molecule has 4 aliphatic carbocycles. The summed E-state index contributed by atoms with van der Waals surface area (Å²) in [6, 6.07) is 13.7. The summed E-state index contributed by atoms with van der Waals surface area (Å²) < 4.78 is 5.13. The maximum absolute atomic E-state index is 13.3. The largest absolute Gasteiger partial charge is 0.467 e. The Bertz CT molecular complexity index is 1770. The first-order chi connectivity index (χ1) is 26.3. The number of H-pyrrole nitrogens is 1. The molecule has 54 heavy (non-hydrogen) atoms. The van der Waals surface area contributed by atoms with E-state index in [4.69, 9.17) is 16.3 Å². The van der Waals surface area contributed by atoms with Crippen molar-refractivity contribution in [2.75, 3.05) is 26.1 Å². The predicted octanol–water partition coefficient (Wildman–Crippen LogP) is 8.00. The Hall–Kier alpha value is -3.85. The first kappa shape index (κ1) is 38.4. The second kappa shape index (κ2) is 17.3. The van der Waals surface area contributed by atoms with Crippen LogP contribution in [-0.2, 0) is 25.5 Å². The zero-order chi connectivity index (χ0) is 37.7. The van der Waals surface area contributed by atoms with Crippen LogP contribution in [0.5, 0.6) is 0 Å². The Morgan fingerprint density at radius 1 is 0.815 bits per heavy atom. The van der Waals surface area contributed by atoms with Gasteiger partial charge < -0.3 is 25.3 Å². The molecule has 3 amide bonds. The van der Waals surface area contributed by atoms with Gasteiger partial charge in [0.15, 0.2) is 0 Å². The standard InChI is InChI=1S/C44H57ClN4O5/c1-54-43(53)37-23-35-34-12-8-9-13-36(34)48-40(35)41(49(37)39(51)28-45)32-14-16-33(17-15-32)42(52)47-19-11-7-5-3-2-4-6-10-18-46-38(50)27-44-24-29-20-30(25-44)22-31(21-29)26-44/h8-9,12-17,29-31,37,41,48H,2-7,10-11,18-28H2,1H3,(H,46,50)(H,47,52)/t29?,30?,31?,37-,41+,44?/m1/s1. The van der Waals surface area contributed by atoms with Gasteiger partial charge in [-0.15, -0.1) is 11.6 Å². The average molecular weight is 757 g/mol. The lowest BCUT2D eigenvalue weighted by molar-refractivity contribution is -0.154. The van der Waals surface area contributed by atoms with Crippen molar-refractivity contribution in [3.8, 4) is 0 Å². The fraction of sp³-hybridized carbons (Fsp3) is 0.591. The molecule has 10 heteroatoms. The Morgan fingerprint density at radius 3 is 2.02 bits per heavy atom. The molecule has 9 nitrogen and oxygen atoms in total. The molecule has 0 saturated heterocycles. The van der Waals surface area contributed by atoms with E-state index in [2.05, 4.69) is 15.6 Å². The average Bonchev–Trinajstić information content (AvgIpc) is 3.54. The SMILES string of the molecule is COC(=O)[C@H]1Cc2c([nH]c3ccccc23)[C@H](c2ccc(C(=O)NCCCCCCCCCCNC(=O)CC34CC5CC(CC(C5)C3)C4)cc2)N1C(=O)CCl. The molecule has 4 fully saturated rings. The lowest BCUT2D eigenvalue weighted by Crippen LogP contribution is -2.52. The minimum Gasteiger partial charge on any atom is -0.467 e. The van der Waals surface area contributed by atoms with Crippen molar-refractivity contribution < 1.29 is 23.9 Å². The number of rotatable bonds is 17. The van der Waals surface area contributed by atoms with Crippen molar-refractivity contribution >= 4 is 46.2 Å². The number of nitrogens with one attached hydrogen (secondary N) is 3. The number of methoxy groups -OCH3 is 1. The summed E-state index contributed by atoms with van der Waals surface area (Å²) in [5.74, 6) is 1.69. The number of nitrogens with zero attached hydrogens (tertiary/aromatic N) is 1. The quantitative estimate of drug-likeness (QED) is 0.0733. The highest BCUT2D eigenvalue weighted by Gasteiger charge is 2.51. The van der Waals surface area contributed by atoms with E-state index >= 15 is 0 Å². The van der Waals surface area contributed by atoms with Crippen molar-refractivity contribution in [1.82, 2.24) is 20.5 Å². The first-order valence-corrected chi connectivity index (χ1v) is 21.0. The van der Waals surface area contributed by atoms with Gasteiger partial charge >= 0.3 is 5.97 Å². The summed E-state index contributed by atoms with van der Waals surface area (Å²) in [5, 5.41) is 7.29. The molecule has 0 radical (unpaired) electrons. The van der Waals surface area contributed by atoms with Crippen LogP contribution in [0.2, 0.25) is 0 Å². The van der Waals surface area contributed by atoms with Crippen LogP contribution in [0.1, 0.15) is 130 Å². The highest BCUT2D eigenvalue weighted by atomic mass is 35.5. The van der Waals surface area contributed by atoms with Crippen LogP contribution in [0.4, 0.5) is 0 Å². The molecule has 0 spiro atoms. The van der Waals surface area contributed by atoms with Crippen LogP contribution in [0.3, 0.4) is 0 Å². The van der Waals surface area contributed by atoms with Crippen LogP contribution in [-0.4, -0.2) is 65.7 Å². The molecule has 3 N–H and O–H groups in total. The smallest absolute Gasteiger partial charge is 0.328 e. The lowest BCUT2D eigenvalue weighted by Gasteiger charge is -2.56. The van der Waals surface area contributed by atoms with E-state index in [0.29, 0.717) is 23.9 Å². The highest BCUT2D eigenvalue weighted by molar-refractivity contribution is 6.27. The number of halogens is 1. The third kappa shape index (κ3) is 8.51. The second-order valence-corrected chi connectivity index (χ2v) is 17.1. The van der Waals surface area contributed by atoms with Crippen molar-refractivity contribution in [2.24, 2.45) is 23.2 Å². The van der Waals surface area contributed by atoms with Gasteiger partial charge in [0.05, 0.1) is 13.2 Å². The van der Waals surface area contributed by atoms with Gasteiger partial charge in [0, 0.05) is 48.1 Å². The maximum atomic E-state index is 13.3. The monoisotopic (exact) mass is 756 g/mol. The number of amides is 3. The van der Waals surface area contributed by atoms with Gasteiger partial charge in [0.2, 0.25) is 11.8 Å². The number of benzene rings is 2. The number of esters is 1. The molecule has 8 rings (SSSR count). The minimum atomic E-state index is -0.833. The molecule has 2 heterocycles. The van der Waals surface area contributed by atoms with Gasteiger partial charge in [-0.1, -0.05) is 68.9 Å². The summed E-state index contributed by atoms with van der Waals surface area (Å²) >= 11 is 6.07. The van der Waals surface area contributed by atoms with E-state index in [1.165, 1.54) is 69.8 Å². The molecular formula is C44H57ClN4O5. The Labute approximate surface area is 324 Å². The van der Waals surface area contributed by atoms with Gasteiger partial charge in [0.25, 0.3) is 5.91 Å². The predicted molar refractivity (Wildman–Crippen MR) is 211 cm³/mol.